The first-order valence-corrected chi connectivity index (χ1v) is 23.0. The third-order valence-electron chi connectivity index (χ3n) is 13.3. The molecule has 0 spiro atoms. The molecule has 1 unspecified atom stereocenters. The van der Waals surface area contributed by atoms with Crippen molar-refractivity contribution in [1.82, 2.24) is 4.57 Å². The maximum absolute atomic E-state index is 5.45. The van der Waals surface area contributed by atoms with Crippen LogP contribution < -0.4 is 0 Å². The molecule has 316 valence electrons. The number of amidine groups is 1. The monoisotopic (exact) mass is 855 g/mol. The van der Waals surface area contributed by atoms with E-state index in [1.807, 2.05) is 25.1 Å². The summed E-state index contributed by atoms with van der Waals surface area (Å²) in [5.41, 5.74) is 13.3. The summed E-state index contributed by atoms with van der Waals surface area (Å²) in [7, 11) is 0. The lowest BCUT2D eigenvalue weighted by Crippen LogP contribution is -2.22. The van der Waals surface area contributed by atoms with E-state index in [1.165, 1.54) is 93.2 Å². The molecule has 0 saturated heterocycles. The zero-order valence-electron chi connectivity index (χ0n) is 37.1. The molecule has 1 aromatic heterocycles. The molecule has 3 nitrogen and oxygen atoms in total. The highest BCUT2D eigenvalue weighted by Gasteiger charge is 2.52. The van der Waals surface area contributed by atoms with E-state index in [2.05, 4.69) is 230 Å². The molecule has 10 aromatic carbocycles. The number of aromatic nitrogens is 1. The molecule has 3 heteroatoms. The normalized spacial score (nSPS) is 15.3. The van der Waals surface area contributed by atoms with Gasteiger partial charge in [0.25, 0.3) is 0 Å². The van der Waals surface area contributed by atoms with E-state index in [1.54, 1.807) is 6.08 Å². The zero-order chi connectivity index (χ0) is 44.9. The average Bonchev–Trinajstić information content (AvgIpc) is 4.07. The van der Waals surface area contributed by atoms with Crippen LogP contribution in [0.15, 0.2) is 265 Å². The highest BCUT2D eigenvalue weighted by atomic mass is 15.1. The molecule has 0 bridgehead atoms. The van der Waals surface area contributed by atoms with Gasteiger partial charge in [-0.3, -0.25) is 0 Å². The third kappa shape index (κ3) is 6.83. The predicted molar refractivity (Wildman–Crippen MR) is 285 cm³/mol. The van der Waals surface area contributed by atoms with Crippen LogP contribution in [0.1, 0.15) is 23.6 Å². The molecule has 1 aliphatic carbocycles. The minimum Gasteiger partial charge on any atom is -0.309 e. The Labute approximate surface area is 390 Å². The predicted octanol–water partition coefficient (Wildman–Crippen LogP) is 16.4. The number of benzene rings is 10. The van der Waals surface area contributed by atoms with Crippen LogP contribution in [0.5, 0.6) is 0 Å². The highest BCUT2D eigenvalue weighted by molar-refractivity contribution is 6.26. The fourth-order valence-corrected chi connectivity index (χ4v) is 10.1. The SMILES string of the molecule is C1=C2C(c3ccccc3)=NC(c3ccccc3)=NC12c1cc2ccc(-c3ccc(-c4ccc5c(c4)c4ccccc4n5-c4cccc5ccccc45)cc3)cc2c2ccccc12.C=C/C=C\C. The van der Waals surface area contributed by atoms with Gasteiger partial charge in [-0.05, 0) is 104 Å². The smallest absolute Gasteiger partial charge is 0.156 e. The van der Waals surface area contributed by atoms with Gasteiger partial charge in [-0.2, -0.15) is 0 Å². The van der Waals surface area contributed by atoms with Crippen molar-refractivity contribution in [1.29, 1.82) is 0 Å². The quantitative estimate of drug-likeness (QED) is 0.113. The Balaban J connectivity index is 0.000000892. The summed E-state index contributed by atoms with van der Waals surface area (Å²) < 4.78 is 2.42. The van der Waals surface area contributed by atoms with Gasteiger partial charge in [0.2, 0.25) is 0 Å². The minimum atomic E-state index is -0.575. The molecule has 0 N–H and O–H groups in total. The van der Waals surface area contributed by atoms with Gasteiger partial charge >= 0.3 is 0 Å². The van der Waals surface area contributed by atoms with Gasteiger partial charge in [-0.15, -0.1) is 0 Å². The van der Waals surface area contributed by atoms with Crippen LogP contribution in [0.4, 0.5) is 0 Å². The van der Waals surface area contributed by atoms with Crippen molar-refractivity contribution >= 4 is 65.7 Å². The molecule has 0 amide bonds. The lowest BCUT2D eigenvalue weighted by Gasteiger charge is -2.24. The molecule has 1 aliphatic heterocycles. The largest absolute Gasteiger partial charge is 0.309 e. The Hall–Kier alpha value is -8.66. The molecule has 2 aliphatic rings. The fourth-order valence-electron chi connectivity index (χ4n) is 10.1. The molecule has 2 heterocycles. The summed E-state index contributed by atoms with van der Waals surface area (Å²) in [5, 5.41) is 9.86. The Morgan fingerprint density at radius 2 is 1.03 bits per heavy atom. The Morgan fingerprint density at radius 1 is 0.448 bits per heavy atom. The fraction of sp³-hybridized carbons (Fsp3) is 0.0312. The molecule has 11 aromatic rings. The van der Waals surface area contributed by atoms with Crippen molar-refractivity contribution in [3.8, 4) is 27.9 Å². The molecular weight excluding hydrogens is 811 g/mol. The number of rotatable bonds is 7. The number of fused-ring (bicyclic) bond motifs is 8. The van der Waals surface area contributed by atoms with Crippen LogP contribution in [-0.2, 0) is 5.54 Å². The van der Waals surface area contributed by atoms with E-state index >= 15 is 0 Å². The van der Waals surface area contributed by atoms with Crippen LogP contribution >= 0.6 is 0 Å². The van der Waals surface area contributed by atoms with Gasteiger partial charge in [0.05, 0.1) is 22.4 Å². The van der Waals surface area contributed by atoms with Crippen LogP contribution in [0.2, 0.25) is 0 Å². The van der Waals surface area contributed by atoms with Crippen molar-refractivity contribution in [3.63, 3.8) is 0 Å². The maximum atomic E-state index is 5.45. The lowest BCUT2D eigenvalue weighted by molar-refractivity contribution is 0.807. The van der Waals surface area contributed by atoms with Gasteiger partial charge in [-0.25, -0.2) is 9.98 Å². The topological polar surface area (TPSA) is 29.6 Å². The number of aliphatic imine (C=N–C) groups is 2. The molecular formula is C64H45N3. The van der Waals surface area contributed by atoms with Gasteiger partial charge < -0.3 is 4.57 Å². The summed E-state index contributed by atoms with van der Waals surface area (Å²) in [4.78, 5) is 10.6. The van der Waals surface area contributed by atoms with Gasteiger partial charge in [0.1, 0.15) is 5.54 Å². The van der Waals surface area contributed by atoms with Crippen LogP contribution in [0, 0.1) is 0 Å². The van der Waals surface area contributed by atoms with E-state index in [4.69, 9.17) is 9.98 Å². The molecule has 0 fully saturated rings. The van der Waals surface area contributed by atoms with Crippen molar-refractivity contribution in [2.75, 3.05) is 0 Å². The van der Waals surface area contributed by atoms with E-state index in [0.717, 1.165) is 22.7 Å². The summed E-state index contributed by atoms with van der Waals surface area (Å²) in [6.07, 6.45) is 7.88. The Morgan fingerprint density at radius 3 is 1.75 bits per heavy atom. The second kappa shape index (κ2) is 16.4. The number of allylic oxidation sites excluding steroid dienone is 3. The van der Waals surface area contributed by atoms with Crippen LogP contribution in [0.3, 0.4) is 0 Å². The maximum Gasteiger partial charge on any atom is 0.156 e. The number of hydrogen-bond donors (Lipinski definition) is 0. The summed E-state index contributed by atoms with van der Waals surface area (Å²) in [6.45, 7) is 5.42. The number of hydrogen-bond acceptors (Lipinski definition) is 2. The van der Waals surface area contributed by atoms with E-state index in [-0.39, 0.29) is 0 Å². The van der Waals surface area contributed by atoms with Gasteiger partial charge in [0.15, 0.2) is 5.84 Å². The van der Waals surface area contributed by atoms with Gasteiger partial charge in [-0.1, -0.05) is 207 Å². The van der Waals surface area contributed by atoms with Crippen LogP contribution in [0.25, 0.3) is 82.1 Å². The molecule has 67 heavy (non-hydrogen) atoms. The van der Waals surface area contributed by atoms with E-state index in [0.29, 0.717) is 0 Å². The molecule has 0 radical (unpaired) electrons. The standard InChI is InChI=1S/C59H37N3.C5H8/c1-3-15-41(16-4-1)57-53-37-59(53,61-58(60-57)42-17-5-2-6-18-42)52-36-45-31-30-43(34-50(45)47-21-9-10-22-48(47)52)38-26-28-39(29-27-38)44-32-33-56-51(35-44)49-23-11-12-24-55(49)62(56)54-25-13-19-40-14-7-8-20-46(40)54;1-3-5-4-2/h1-37H;3-5H,1H2,2H3/b;5-4-. The number of nitrogens with zero attached hydrogens (tertiary/aromatic N) is 3. The summed E-state index contributed by atoms with van der Waals surface area (Å²) in [6, 6.07) is 79.0. The highest BCUT2D eigenvalue weighted by Crippen LogP contribution is 2.55. The van der Waals surface area contributed by atoms with Crippen molar-refractivity contribution < 1.29 is 0 Å². The lowest BCUT2D eigenvalue weighted by atomic mass is 9.87. The molecule has 1 atom stereocenters. The summed E-state index contributed by atoms with van der Waals surface area (Å²) in [5.74, 6) is 0.762. The molecule has 0 saturated carbocycles. The Bertz CT molecular complexity index is 3860. The third-order valence-corrected chi connectivity index (χ3v) is 13.3. The van der Waals surface area contributed by atoms with Crippen LogP contribution in [-0.4, -0.2) is 16.1 Å². The van der Waals surface area contributed by atoms with Crippen molar-refractivity contribution in [3.05, 3.63) is 272 Å². The second-order valence-electron chi connectivity index (χ2n) is 17.3. The molecule has 13 rings (SSSR count). The van der Waals surface area contributed by atoms with Gasteiger partial charge in [0, 0.05) is 32.9 Å². The average molecular weight is 856 g/mol. The first-order valence-electron chi connectivity index (χ1n) is 23.0. The van der Waals surface area contributed by atoms with E-state index < -0.39 is 5.54 Å². The minimum absolute atomic E-state index is 0.575. The zero-order valence-corrected chi connectivity index (χ0v) is 37.1. The first-order chi connectivity index (χ1) is 33.1. The van der Waals surface area contributed by atoms with Crippen molar-refractivity contribution in [2.24, 2.45) is 9.98 Å². The van der Waals surface area contributed by atoms with Crippen molar-refractivity contribution in [2.45, 2.75) is 12.5 Å². The number of para-hydroxylation sites is 1. The first kappa shape index (κ1) is 39.9. The summed E-state index contributed by atoms with van der Waals surface area (Å²) >= 11 is 0. The second-order valence-corrected chi connectivity index (χ2v) is 17.3. The van der Waals surface area contributed by atoms with E-state index in [9.17, 15) is 0 Å². The Kier molecular flexibility index (Phi) is 9.77.